The lowest BCUT2D eigenvalue weighted by atomic mass is 10.4. The Kier molecular flexibility index (Phi) is 12.5. The molecule has 8 nitrogen and oxygen atoms in total. The molecule has 0 bridgehead atoms. The quantitative estimate of drug-likeness (QED) is 0.157. The van der Waals surface area contributed by atoms with Crippen molar-refractivity contribution < 1.29 is 4.92 Å². The van der Waals surface area contributed by atoms with Gasteiger partial charge in [0, 0.05) is 20.3 Å². The number of nitrogen functional groups attached to an aromatic ring is 1. The largest absolute Gasteiger partial charge is 0.395 e. The lowest BCUT2D eigenvalue weighted by Gasteiger charge is -2.38. The van der Waals surface area contributed by atoms with E-state index >= 15 is 0 Å². The number of hydrogen-bond donors (Lipinski definition) is 1. The molecule has 2 heterocycles. The molecule has 0 fully saturated rings. The van der Waals surface area contributed by atoms with Crippen LogP contribution in [0.5, 0.6) is 0 Å². The van der Waals surface area contributed by atoms with Gasteiger partial charge >= 0.3 is 5.69 Å². The van der Waals surface area contributed by atoms with Crippen molar-refractivity contribution in [3.8, 4) is 22.9 Å². The predicted octanol–water partition coefficient (Wildman–Crippen LogP) is 7.47. The first kappa shape index (κ1) is 35.2. The smallest absolute Gasteiger partial charge is 0.322 e. The van der Waals surface area contributed by atoms with E-state index in [1.807, 2.05) is 13.2 Å². The van der Waals surface area contributed by atoms with Crippen molar-refractivity contribution in [1.29, 1.82) is 0 Å². The molecule has 0 aliphatic carbocycles. The van der Waals surface area contributed by atoms with Crippen molar-refractivity contribution in [3.05, 3.63) is 33.9 Å². The van der Waals surface area contributed by atoms with Gasteiger partial charge in [0.1, 0.15) is 22.3 Å². The van der Waals surface area contributed by atoms with E-state index in [1.54, 1.807) is 11.7 Å². The van der Waals surface area contributed by atoms with E-state index in [0.29, 0.717) is 38.9 Å². The summed E-state index contributed by atoms with van der Waals surface area (Å²) in [4.78, 5) is 10.6. The third-order valence-corrected chi connectivity index (χ3v) is 21.0. The number of anilines is 1. The second kappa shape index (κ2) is 14.2. The van der Waals surface area contributed by atoms with Gasteiger partial charge < -0.3 is 5.73 Å². The zero-order chi connectivity index (χ0) is 31.2. The maximum Gasteiger partial charge on any atom is 0.322 e. The molecule has 0 aromatic carbocycles. The number of rotatable bonds is 7. The predicted molar refractivity (Wildman–Crippen MR) is 173 cm³/mol. The van der Waals surface area contributed by atoms with E-state index in [-0.39, 0.29) is 11.4 Å². The highest BCUT2D eigenvalue weighted by Crippen LogP contribution is 2.41. The van der Waals surface area contributed by atoms with Gasteiger partial charge in [0.05, 0.1) is 10.6 Å². The first-order valence-corrected chi connectivity index (χ1v) is 18.8. The summed E-state index contributed by atoms with van der Waals surface area (Å²) in [5, 5.41) is 19.5. The lowest BCUT2D eigenvalue weighted by Crippen LogP contribution is -2.43. The van der Waals surface area contributed by atoms with E-state index in [9.17, 15) is 10.1 Å². The zero-order valence-electron chi connectivity index (χ0n) is 27.2. The van der Waals surface area contributed by atoms with Crippen molar-refractivity contribution in [2.45, 2.75) is 116 Å². The maximum absolute atomic E-state index is 11.1. The summed E-state index contributed by atoms with van der Waals surface area (Å²) in [6.45, 7) is 27.1. The molecule has 0 unspecified atom stereocenters. The van der Waals surface area contributed by atoms with Crippen LogP contribution in [0.1, 0.15) is 94.5 Å². The van der Waals surface area contributed by atoms with Gasteiger partial charge in [-0.2, -0.15) is 10.2 Å². The van der Waals surface area contributed by atoms with E-state index in [0.717, 1.165) is 5.69 Å². The van der Waals surface area contributed by atoms with Crippen molar-refractivity contribution in [1.82, 2.24) is 19.6 Å². The minimum atomic E-state index is -1.89. The monoisotopic (exact) mass is 584 g/mol. The molecule has 0 spiro atoms. The van der Waals surface area contributed by atoms with Crippen molar-refractivity contribution in [2.24, 2.45) is 14.1 Å². The van der Waals surface area contributed by atoms with Gasteiger partial charge in [-0.15, -0.1) is 11.1 Å². The van der Waals surface area contributed by atoms with Crippen LogP contribution in [0, 0.1) is 33.0 Å². The first-order chi connectivity index (χ1) is 18.3. The Morgan fingerprint density at radius 1 is 0.700 bits per heavy atom. The molecule has 0 amide bonds. The van der Waals surface area contributed by atoms with Crippen LogP contribution in [0.15, 0.2) is 12.4 Å². The number of aryl methyl sites for hydroxylation is 2. The SMILES string of the molecule is CC(C)[Si](C#Cc1nn(C)cc1N)(C(C)C)C(C)C.CC(C)[Si](C#Cc1nn(C)cc1[N+](=O)[O-])(C(C)C)C(C)C. The number of nitro groups is 1. The minimum Gasteiger partial charge on any atom is -0.395 e. The molecular formula is C30H52N6O2Si2. The molecule has 0 saturated heterocycles. The van der Waals surface area contributed by atoms with Crippen molar-refractivity contribution in [3.63, 3.8) is 0 Å². The van der Waals surface area contributed by atoms with Gasteiger partial charge in [-0.1, -0.05) is 83.1 Å². The number of nitrogens with zero attached hydrogens (tertiary/aromatic N) is 5. The number of aromatic nitrogens is 4. The van der Waals surface area contributed by atoms with Crippen LogP contribution in [0.4, 0.5) is 11.4 Å². The molecule has 2 aromatic rings. The average Bonchev–Trinajstić information content (AvgIpc) is 3.34. The van der Waals surface area contributed by atoms with Gasteiger partial charge in [0.15, 0.2) is 5.69 Å². The van der Waals surface area contributed by atoms with Gasteiger partial charge in [0.2, 0.25) is 5.69 Å². The normalized spacial score (nSPS) is 12.0. The molecule has 0 aliphatic heterocycles. The van der Waals surface area contributed by atoms with Gasteiger partial charge in [-0.05, 0) is 45.1 Å². The van der Waals surface area contributed by atoms with Crippen molar-refractivity contribution in [2.75, 3.05) is 5.73 Å². The molecular weight excluding hydrogens is 533 g/mol. The standard InChI is InChI=1S/C15H25N3O2Si.C15H27N3Si/c1-11(2)21(12(3)4,13(5)6)9-8-14-15(18(19)20)10-17(7)16-14;1-11(2)19(12(3)4,13(5)6)9-8-15-14(16)10-18(7)17-15/h10-13H,1-7H3;10-13H,16H2,1-7H3. The minimum absolute atomic E-state index is 0.0100. The van der Waals surface area contributed by atoms with Crippen LogP contribution in [0.2, 0.25) is 33.2 Å². The van der Waals surface area contributed by atoms with Gasteiger partial charge in [-0.25, -0.2) is 0 Å². The third-order valence-electron chi connectivity index (χ3n) is 8.39. The van der Waals surface area contributed by atoms with Crippen molar-refractivity contribution >= 4 is 27.5 Å². The molecule has 0 atom stereocenters. The zero-order valence-corrected chi connectivity index (χ0v) is 29.2. The Morgan fingerprint density at radius 2 is 1.02 bits per heavy atom. The van der Waals surface area contributed by atoms with Gasteiger partial charge in [-0.3, -0.25) is 19.5 Å². The number of nitrogens with two attached hydrogens (primary N) is 1. The second-order valence-electron chi connectivity index (χ2n) is 12.7. The Bertz CT molecular complexity index is 1220. The topological polar surface area (TPSA) is 105 Å². The molecule has 0 radical (unpaired) electrons. The molecule has 2 N–H and O–H groups in total. The summed E-state index contributed by atoms with van der Waals surface area (Å²) in [5.74, 6) is 6.31. The summed E-state index contributed by atoms with van der Waals surface area (Å²) < 4.78 is 3.17. The highest BCUT2D eigenvalue weighted by molar-refractivity contribution is 6.91. The molecule has 2 rings (SSSR count). The van der Waals surface area contributed by atoms with E-state index in [4.69, 9.17) is 5.73 Å². The van der Waals surface area contributed by atoms with Crippen LogP contribution >= 0.6 is 0 Å². The fourth-order valence-electron chi connectivity index (χ4n) is 6.50. The first-order valence-electron chi connectivity index (χ1n) is 14.4. The van der Waals surface area contributed by atoms with Crippen LogP contribution in [0.25, 0.3) is 0 Å². The highest BCUT2D eigenvalue weighted by atomic mass is 28.3. The van der Waals surface area contributed by atoms with Crippen LogP contribution in [-0.2, 0) is 14.1 Å². The maximum atomic E-state index is 11.1. The summed E-state index contributed by atoms with van der Waals surface area (Å²) in [6.07, 6.45) is 3.22. The van der Waals surface area contributed by atoms with E-state index < -0.39 is 21.1 Å². The summed E-state index contributed by atoms with van der Waals surface area (Å²) in [6, 6.07) is 0. The highest BCUT2D eigenvalue weighted by Gasteiger charge is 2.42. The van der Waals surface area contributed by atoms with E-state index in [2.05, 4.69) is 116 Å². The Morgan fingerprint density at radius 3 is 1.32 bits per heavy atom. The fraction of sp³-hybridized carbons (Fsp3) is 0.667. The number of hydrogen-bond acceptors (Lipinski definition) is 5. The van der Waals surface area contributed by atoms with Gasteiger partial charge in [0.25, 0.3) is 0 Å². The average molecular weight is 585 g/mol. The third kappa shape index (κ3) is 7.67. The van der Waals surface area contributed by atoms with Crippen LogP contribution in [0.3, 0.4) is 0 Å². The van der Waals surface area contributed by atoms with Crippen LogP contribution < -0.4 is 5.73 Å². The molecule has 10 heteroatoms. The Labute approximate surface area is 244 Å². The lowest BCUT2D eigenvalue weighted by molar-refractivity contribution is -0.385. The second-order valence-corrected chi connectivity index (χ2v) is 23.9. The molecule has 40 heavy (non-hydrogen) atoms. The summed E-state index contributed by atoms with van der Waals surface area (Å²) >= 11 is 0. The molecule has 0 aliphatic rings. The Balaban J connectivity index is 0.000000402. The van der Waals surface area contributed by atoms with Crippen LogP contribution in [-0.4, -0.2) is 40.6 Å². The summed E-state index contributed by atoms with van der Waals surface area (Å²) in [5.41, 5.74) is 18.1. The fourth-order valence-corrected chi connectivity index (χ4v) is 16.9. The van der Waals surface area contributed by atoms with E-state index in [1.165, 1.54) is 10.9 Å². The Hall–Kier alpha value is -2.83. The molecule has 0 saturated carbocycles. The molecule has 2 aromatic heterocycles. The summed E-state index contributed by atoms with van der Waals surface area (Å²) in [7, 11) is -0.0304. The molecule has 222 valence electrons.